The summed E-state index contributed by atoms with van der Waals surface area (Å²) in [7, 11) is 1.52. The average Bonchev–Trinajstić information content (AvgIpc) is 2.88. The summed E-state index contributed by atoms with van der Waals surface area (Å²) in [4.78, 5) is 25.7. The second-order valence-corrected chi connectivity index (χ2v) is 8.76. The smallest absolute Gasteiger partial charge is 0.344 e. The first kappa shape index (κ1) is 23.5. The topological polar surface area (TPSA) is 80.6 Å². The molecular formula is C28H19ClN2O4S. The summed E-state index contributed by atoms with van der Waals surface area (Å²) in [6.07, 6.45) is 0. The molecule has 2 N–H and O–H groups in total. The largest absolute Gasteiger partial charge is 0.495 e. The van der Waals surface area contributed by atoms with E-state index in [0.717, 1.165) is 10.8 Å². The average molecular weight is 515 g/mol. The molecule has 0 fully saturated rings. The van der Waals surface area contributed by atoms with Crippen LogP contribution in [0, 0.1) is 0 Å². The van der Waals surface area contributed by atoms with E-state index in [-0.39, 0.29) is 11.0 Å². The van der Waals surface area contributed by atoms with Crippen molar-refractivity contribution in [3.8, 4) is 16.9 Å². The van der Waals surface area contributed by atoms with Crippen molar-refractivity contribution in [3.63, 3.8) is 0 Å². The maximum absolute atomic E-state index is 13.0. The maximum atomic E-state index is 13.0. The molecule has 5 rings (SSSR count). The molecule has 5 aromatic rings. The van der Waals surface area contributed by atoms with Crippen LogP contribution in [0.3, 0.4) is 0 Å². The van der Waals surface area contributed by atoms with E-state index in [0.29, 0.717) is 44.1 Å². The van der Waals surface area contributed by atoms with Gasteiger partial charge in [0.05, 0.1) is 18.4 Å². The van der Waals surface area contributed by atoms with E-state index in [2.05, 4.69) is 10.6 Å². The van der Waals surface area contributed by atoms with Crippen molar-refractivity contribution in [2.24, 2.45) is 0 Å². The van der Waals surface area contributed by atoms with Crippen LogP contribution in [0.2, 0.25) is 5.02 Å². The number of hydrogen-bond donors (Lipinski definition) is 2. The summed E-state index contributed by atoms with van der Waals surface area (Å²) < 4.78 is 10.9. The number of anilines is 1. The van der Waals surface area contributed by atoms with Crippen LogP contribution in [-0.4, -0.2) is 18.1 Å². The Morgan fingerprint density at radius 1 is 0.944 bits per heavy atom. The Bertz CT molecular complexity index is 1710. The van der Waals surface area contributed by atoms with Crippen LogP contribution in [0.5, 0.6) is 5.75 Å². The third kappa shape index (κ3) is 4.54. The fourth-order valence-electron chi connectivity index (χ4n) is 4.03. The molecule has 0 aliphatic rings. The van der Waals surface area contributed by atoms with Crippen LogP contribution < -0.4 is 21.0 Å². The van der Waals surface area contributed by atoms with Crippen molar-refractivity contribution in [1.29, 1.82) is 0 Å². The number of methoxy groups -OCH3 is 1. The van der Waals surface area contributed by atoms with E-state index >= 15 is 0 Å². The van der Waals surface area contributed by atoms with E-state index in [1.54, 1.807) is 54.6 Å². The first-order chi connectivity index (χ1) is 17.4. The van der Waals surface area contributed by atoms with Gasteiger partial charge in [-0.15, -0.1) is 0 Å². The Kier molecular flexibility index (Phi) is 6.41. The molecule has 0 saturated heterocycles. The number of nitrogens with one attached hydrogen (secondary N) is 2. The lowest BCUT2D eigenvalue weighted by molar-refractivity contribution is 0.0979. The molecule has 0 radical (unpaired) electrons. The van der Waals surface area contributed by atoms with E-state index in [1.807, 2.05) is 30.3 Å². The van der Waals surface area contributed by atoms with E-state index < -0.39 is 5.63 Å². The summed E-state index contributed by atoms with van der Waals surface area (Å²) in [6, 6.07) is 25.0. The molecule has 1 heterocycles. The highest BCUT2D eigenvalue weighted by Gasteiger charge is 2.15. The maximum Gasteiger partial charge on any atom is 0.344 e. The van der Waals surface area contributed by atoms with E-state index in [4.69, 9.17) is 33.0 Å². The number of hydrogen-bond acceptors (Lipinski definition) is 5. The molecule has 178 valence electrons. The molecule has 0 spiro atoms. The number of fused-ring (bicyclic) bond motifs is 2. The molecule has 6 nitrogen and oxygen atoms in total. The summed E-state index contributed by atoms with van der Waals surface area (Å²) in [5.41, 5.74) is 1.96. The normalized spacial score (nSPS) is 10.8. The van der Waals surface area contributed by atoms with Crippen LogP contribution in [0.4, 0.5) is 5.69 Å². The zero-order valence-electron chi connectivity index (χ0n) is 19.0. The quantitative estimate of drug-likeness (QED) is 0.213. The van der Waals surface area contributed by atoms with Gasteiger partial charge in [0.25, 0.3) is 5.91 Å². The fraction of sp³-hybridized carbons (Fsp3) is 0.0357. The van der Waals surface area contributed by atoms with Crippen LogP contribution in [0.15, 0.2) is 94.1 Å². The van der Waals surface area contributed by atoms with Gasteiger partial charge in [-0.1, -0.05) is 60.1 Å². The first-order valence-corrected chi connectivity index (χ1v) is 11.7. The number of amides is 1. The summed E-state index contributed by atoms with van der Waals surface area (Å²) in [6.45, 7) is 0. The van der Waals surface area contributed by atoms with Crippen molar-refractivity contribution >= 4 is 62.3 Å². The van der Waals surface area contributed by atoms with Crippen molar-refractivity contribution in [3.05, 3.63) is 106 Å². The lowest BCUT2D eigenvalue weighted by atomic mass is 10.0. The molecule has 1 amide bonds. The van der Waals surface area contributed by atoms with Gasteiger partial charge in [-0.25, -0.2) is 4.79 Å². The third-order valence-corrected chi connectivity index (χ3v) is 6.27. The van der Waals surface area contributed by atoms with Gasteiger partial charge in [0.2, 0.25) is 0 Å². The molecule has 1 aromatic heterocycles. The number of para-hydroxylation sites is 1. The predicted molar refractivity (Wildman–Crippen MR) is 147 cm³/mol. The Morgan fingerprint density at radius 2 is 1.72 bits per heavy atom. The minimum absolute atomic E-state index is 0.0695. The Labute approximate surface area is 216 Å². The van der Waals surface area contributed by atoms with Crippen LogP contribution in [0.1, 0.15) is 10.4 Å². The zero-order chi connectivity index (χ0) is 25.2. The molecule has 0 aliphatic heterocycles. The van der Waals surface area contributed by atoms with Gasteiger partial charge >= 0.3 is 5.63 Å². The van der Waals surface area contributed by atoms with Crippen molar-refractivity contribution in [1.82, 2.24) is 5.32 Å². The van der Waals surface area contributed by atoms with Gasteiger partial charge in [0.15, 0.2) is 5.11 Å². The first-order valence-electron chi connectivity index (χ1n) is 11.0. The van der Waals surface area contributed by atoms with Crippen molar-refractivity contribution < 1.29 is 13.9 Å². The highest BCUT2D eigenvalue weighted by atomic mass is 35.5. The van der Waals surface area contributed by atoms with Crippen LogP contribution in [0.25, 0.3) is 32.9 Å². The van der Waals surface area contributed by atoms with Gasteiger partial charge in [-0.05, 0) is 59.6 Å². The standard InChI is InChI=1S/C28H19ClN2O4S/c1-34-25-13-12-16(21-14-17-6-2-3-11-24(17)35-27(21)33)15-23(25)30-28(36)31-26(32)20-9-4-8-19-18(20)7-5-10-22(19)29/h2-15H,1H3,(H2,30,31,32,36). The third-order valence-electron chi connectivity index (χ3n) is 5.74. The number of thiocarbonyl (C=S) groups is 1. The molecule has 0 saturated carbocycles. The van der Waals surface area contributed by atoms with Gasteiger partial charge in [0.1, 0.15) is 11.3 Å². The highest BCUT2D eigenvalue weighted by molar-refractivity contribution is 7.80. The SMILES string of the molecule is COc1ccc(-c2cc3ccccc3oc2=O)cc1NC(=S)NC(=O)c1cccc2c(Cl)cccc12. The monoisotopic (exact) mass is 514 g/mol. The van der Waals surface area contributed by atoms with E-state index in [1.165, 1.54) is 7.11 Å². The molecular weight excluding hydrogens is 496 g/mol. The Hall–Kier alpha value is -4.20. The fourth-order valence-corrected chi connectivity index (χ4v) is 4.47. The number of carbonyl (C=O) groups excluding carboxylic acids is 1. The number of ether oxygens (including phenoxy) is 1. The molecule has 4 aromatic carbocycles. The number of rotatable bonds is 4. The van der Waals surface area contributed by atoms with Crippen molar-refractivity contribution in [2.75, 3.05) is 12.4 Å². The number of benzene rings is 4. The molecule has 0 unspecified atom stereocenters. The molecule has 8 heteroatoms. The Balaban J connectivity index is 1.43. The minimum atomic E-state index is -0.463. The molecule has 0 bridgehead atoms. The predicted octanol–water partition coefficient (Wildman–Crippen LogP) is 6.40. The lowest BCUT2D eigenvalue weighted by Gasteiger charge is -2.15. The Morgan fingerprint density at radius 3 is 2.56 bits per heavy atom. The van der Waals surface area contributed by atoms with Crippen LogP contribution >= 0.6 is 23.8 Å². The molecule has 0 atom stereocenters. The second kappa shape index (κ2) is 9.81. The highest BCUT2D eigenvalue weighted by Crippen LogP contribution is 2.31. The number of halogens is 1. The second-order valence-electron chi connectivity index (χ2n) is 7.95. The lowest BCUT2D eigenvalue weighted by Crippen LogP contribution is -2.34. The number of carbonyl (C=O) groups is 1. The molecule has 0 aliphatic carbocycles. The van der Waals surface area contributed by atoms with Crippen molar-refractivity contribution in [2.45, 2.75) is 0 Å². The zero-order valence-corrected chi connectivity index (χ0v) is 20.6. The van der Waals surface area contributed by atoms with Gasteiger partial charge in [0, 0.05) is 21.4 Å². The van der Waals surface area contributed by atoms with Gasteiger partial charge in [-0.3, -0.25) is 10.1 Å². The summed E-state index contributed by atoms with van der Waals surface area (Å²) in [5.74, 6) is 0.100. The van der Waals surface area contributed by atoms with Gasteiger partial charge < -0.3 is 14.5 Å². The van der Waals surface area contributed by atoms with E-state index in [9.17, 15) is 9.59 Å². The minimum Gasteiger partial charge on any atom is -0.495 e. The summed E-state index contributed by atoms with van der Waals surface area (Å²) in [5, 5.41) is 8.63. The summed E-state index contributed by atoms with van der Waals surface area (Å²) >= 11 is 11.7. The molecule has 36 heavy (non-hydrogen) atoms. The van der Waals surface area contributed by atoms with Crippen LogP contribution in [-0.2, 0) is 0 Å². The van der Waals surface area contributed by atoms with Gasteiger partial charge in [-0.2, -0.15) is 0 Å².